The van der Waals surface area contributed by atoms with Crippen LogP contribution in [0.25, 0.3) is 10.8 Å². The Bertz CT molecular complexity index is 1430. The van der Waals surface area contributed by atoms with Gasteiger partial charge in [-0.05, 0) is 24.3 Å². The van der Waals surface area contributed by atoms with Gasteiger partial charge in [-0.15, -0.1) is 0 Å². The third-order valence-corrected chi connectivity index (χ3v) is 4.69. The second kappa shape index (κ2) is 8.84. The van der Waals surface area contributed by atoms with Crippen LogP contribution >= 0.6 is 0 Å². The van der Waals surface area contributed by atoms with Crippen LogP contribution in [0.4, 0.5) is 39.5 Å². The molecule has 0 saturated carbocycles. The Morgan fingerprint density at radius 1 is 0.500 bits per heavy atom. The van der Waals surface area contributed by atoms with Gasteiger partial charge in [-0.3, -0.25) is 0 Å². The minimum Gasteiger partial charge on any atom is -0.521 e. The normalized spacial score (nSPS) is 11.1. The molecule has 0 unspecified atom stereocenters. The van der Waals surface area contributed by atoms with Crippen LogP contribution < -0.4 is 14.8 Å². The fourth-order valence-corrected chi connectivity index (χ4v) is 3.16. The molecule has 0 bridgehead atoms. The molecule has 0 heterocycles. The molecular weight excluding hydrogens is 478 g/mol. The Hall–Kier alpha value is -3.83. The highest BCUT2D eigenvalue weighted by atomic mass is 19.2. The van der Waals surface area contributed by atoms with Gasteiger partial charge >= 0.3 is 7.12 Å². The van der Waals surface area contributed by atoms with Crippen molar-refractivity contribution in [3.05, 3.63) is 101 Å². The predicted molar refractivity (Wildman–Crippen MR) is 103 cm³/mol. The Morgan fingerprint density at radius 3 is 1.85 bits per heavy atom. The molecule has 0 radical (unpaired) electrons. The van der Waals surface area contributed by atoms with Crippen LogP contribution in [0.2, 0.25) is 0 Å². The number of rotatable bonds is 5. The lowest BCUT2D eigenvalue weighted by molar-refractivity contribution is 0.396. The van der Waals surface area contributed by atoms with Crippen molar-refractivity contribution in [3.8, 4) is 11.5 Å². The quantitative estimate of drug-likeness (QED) is 0.151. The minimum atomic E-state index is -2.29. The third kappa shape index (κ3) is 4.23. The summed E-state index contributed by atoms with van der Waals surface area (Å²) in [4.78, 5) is 0. The van der Waals surface area contributed by atoms with E-state index in [0.29, 0.717) is 36.4 Å². The topological polar surface area (TPSA) is 18.5 Å². The summed E-state index contributed by atoms with van der Waals surface area (Å²) >= 11 is 0. The van der Waals surface area contributed by atoms with Crippen molar-refractivity contribution in [2.45, 2.75) is 0 Å². The Labute approximate surface area is 185 Å². The third-order valence-electron chi connectivity index (χ3n) is 4.69. The molecular formula is C22H8BF9O2. The summed E-state index contributed by atoms with van der Waals surface area (Å²) in [6.45, 7) is 0. The van der Waals surface area contributed by atoms with Crippen LogP contribution in [0.15, 0.2) is 48.5 Å². The maximum absolute atomic E-state index is 14.5. The van der Waals surface area contributed by atoms with Crippen molar-refractivity contribution in [1.82, 2.24) is 0 Å². The van der Waals surface area contributed by atoms with Crippen molar-refractivity contribution < 1.29 is 48.8 Å². The summed E-state index contributed by atoms with van der Waals surface area (Å²) in [7, 11) is -2.29. The fourth-order valence-electron chi connectivity index (χ4n) is 3.16. The van der Waals surface area contributed by atoms with E-state index in [1.165, 1.54) is 0 Å². The van der Waals surface area contributed by atoms with Crippen LogP contribution in [-0.4, -0.2) is 7.12 Å². The minimum absolute atomic E-state index is 0.176. The highest BCUT2D eigenvalue weighted by molar-refractivity contribution is 6.63. The average molecular weight is 486 g/mol. The van der Waals surface area contributed by atoms with Crippen LogP contribution in [0.5, 0.6) is 11.5 Å². The van der Waals surface area contributed by atoms with Gasteiger partial charge in [-0.2, -0.15) is 4.39 Å². The second-order valence-corrected chi connectivity index (χ2v) is 6.89. The standard InChI is InChI=1S/C22H8BF9O2/c24-9-5-11-17(4-3-13(26)19(11)15(28)6-9)33-23(12-1-2-14(27)22(32)20(12)30)34-18-8-10(25)7-16(29)21(18)31/h1-8H. The Morgan fingerprint density at radius 2 is 1.12 bits per heavy atom. The highest BCUT2D eigenvalue weighted by Gasteiger charge is 2.35. The van der Waals surface area contributed by atoms with E-state index in [1.807, 2.05) is 0 Å². The zero-order valence-electron chi connectivity index (χ0n) is 16.4. The molecule has 0 aliphatic carbocycles. The van der Waals surface area contributed by atoms with Gasteiger partial charge in [0.05, 0.1) is 10.8 Å². The van der Waals surface area contributed by atoms with E-state index < -0.39 is 87.2 Å². The van der Waals surface area contributed by atoms with Gasteiger partial charge in [0.15, 0.2) is 29.1 Å². The molecule has 174 valence electrons. The largest absolute Gasteiger partial charge is 0.635 e. The summed E-state index contributed by atoms with van der Waals surface area (Å²) in [6, 6.07) is 4.18. The van der Waals surface area contributed by atoms with E-state index in [-0.39, 0.29) is 6.07 Å². The molecule has 0 aromatic heterocycles. The Kier molecular flexibility index (Phi) is 6.07. The molecule has 0 amide bonds. The molecule has 4 rings (SSSR count). The van der Waals surface area contributed by atoms with Gasteiger partial charge in [-0.25, -0.2) is 35.1 Å². The zero-order chi connectivity index (χ0) is 24.7. The molecule has 2 nitrogen and oxygen atoms in total. The van der Waals surface area contributed by atoms with Crippen LogP contribution in [-0.2, 0) is 0 Å². The van der Waals surface area contributed by atoms with Crippen molar-refractivity contribution in [3.63, 3.8) is 0 Å². The highest BCUT2D eigenvalue weighted by Crippen LogP contribution is 2.32. The number of benzene rings is 4. The van der Waals surface area contributed by atoms with Crippen LogP contribution in [0.1, 0.15) is 0 Å². The fraction of sp³-hybridized carbons (Fsp3) is 0. The number of fused-ring (bicyclic) bond motifs is 1. The first-order valence-electron chi connectivity index (χ1n) is 9.25. The smallest absolute Gasteiger partial charge is 0.521 e. The van der Waals surface area contributed by atoms with Gasteiger partial charge in [0, 0.05) is 23.6 Å². The summed E-state index contributed by atoms with van der Waals surface area (Å²) in [6.07, 6.45) is 0. The average Bonchev–Trinajstić information content (AvgIpc) is 2.76. The maximum Gasteiger partial charge on any atom is 0.635 e. The lowest BCUT2D eigenvalue weighted by Gasteiger charge is -2.19. The van der Waals surface area contributed by atoms with Crippen LogP contribution in [0, 0.1) is 52.4 Å². The molecule has 0 spiro atoms. The van der Waals surface area contributed by atoms with E-state index in [1.54, 1.807) is 0 Å². The number of halogens is 9. The molecule has 4 aromatic carbocycles. The van der Waals surface area contributed by atoms with E-state index in [9.17, 15) is 39.5 Å². The summed E-state index contributed by atoms with van der Waals surface area (Å²) in [5.41, 5.74) is -0.919. The lowest BCUT2D eigenvalue weighted by atomic mass is 9.77. The van der Waals surface area contributed by atoms with Gasteiger partial charge in [-0.1, -0.05) is 6.07 Å². The molecule has 0 fully saturated rings. The molecule has 0 N–H and O–H groups in total. The molecule has 34 heavy (non-hydrogen) atoms. The molecule has 0 aliphatic rings. The Balaban J connectivity index is 1.88. The van der Waals surface area contributed by atoms with Crippen LogP contribution in [0.3, 0.4) is 0 Å². The first-order chi connectivity index (χ1) is 16.1. The lowest BCUT2D eigenvalue weighted by Crippen LogP contribution is -2.45. The SMILES string of the molecule is Fc1cc(F)c(F)c(OB(Oc2ccc(F)c3c(F)cc(F)cc23)c2ccc(F)c(F)c2F)c1. The molecule has 4 aromatic rings. The van der Waals surface area contributed by atoms with Crippen molar-refractivity contribution in [2.75, 3.05) is 0 Å². The molecule has 0 saturated heterocycles. The summed E-state index contributed by atoms with van der Waals surface area (Å²) < 4.78 is 136. The van der Waals surface area contributed by atoms with E-state index in [2.05, 4.69) is 0 Å². The first kappa shape index (κ1) is 23.3. The van der Waals surface area contributed by atoms with Crippen molar-refractivity contribution >= 4 is 23.4 Å². The van der Waals surface area contributed by atoms with E-state index >= 15 is 0 Å². The van der Waals surface area contributed by atoms with Crippen molar-refractivity contribution in [1.29, 1.82) is 0 Å². The van der Waals surface area contributed by atoms with Gasteiger partial charge in [0.2, 0.25) is 0 Å². The molecule has 0 atom stereocenters. The van der Waals surface area contributed by atoms with E-state index in [0.717, 1.165) is 6.07 Å². The number of hydrogen-bond donors (Lipinski definition) is 0. The molecule has 12 heteroatoms. The predicted octanol–water partition coefficient (Wildman–Crippen LogP) is 5.94. The van der Waals surface area contributed by atoms with Crippen molar-refractivity contribution in [2.24, 2.45) is 0 Å². The summed E-state index contributed by atoms with van der Waals surface area (Å²) in [5, 5.41) is -1.27. The zero-order valence-corrected chi connectivity index (χ0v) is 16.4. The van der Waals surface area contributed by atoms with E-state index in [4.69, 9.17) is 9.31 Å². The summed E-state index contributed by atoms with van der Waals surface area (Å²) in [5.74, 6) is -15.6. The van der Waals surface area contributed by atoms with Gasteiger partial charge in [0.25, 0.3) is 0 Å². The van der Waals surface area contributed by atoms with Gasteiger partial charge < -0.3 is 9.31 Å². The monoisotopic (exact) mass is 486 g/mol. The second-order valence-electron chi connectivity index (χ2n) is 6.89. The maximum atomic E-state index is 14.5. The van der Waals surface area contributed by atoms with Gasteiger partial charge in [0.1, 0.15) is 34.8 Å². The molecule has 0 aliphatic heterocycles. The number of hydrogen-bond acceptors (Lipinski definition) is 2. The first-order valence-corrected chi connectivity index (χ1v) is 9.25.